The van der Waals surface area contributed by atoms with Crippen LogP contribution in [0.5, 0.6) is 0 Å². The summed E-state index contributed by atoms with van der Waals surface area (Å²) in [5, 5.41) is 0. The Hall–Kier alpha value is -2.79. The molecule has 12 bridgehead atoms. The summed E-state index contributed by atoms with van der Waals surface area (Å²) in [6.07, 6.45) is 25.6. The van der Waals surface area contributed by atoms with E-state index in [1.807, 2.05) is 96.9 Å². The van der Waals surface area contributed by atoms with Gasteiger partial charge >= 0.3 is 29.8 Å². The van der Waals surface area contributed by atoms with Gasteiger partial charge in [-0.15, -0.1) is 0 Å². The summed E-state index contributed by atoms with van der Waals surface area (Å²) >= 11 is 0. The third-order valence-corrected chi connectivity index (χ3v) is 26.9. The molecule has 19 aliphatic rings. The van der Waals surface area contributed by atoms with Crippen molar-refractivity contribution in [3.8, 4) is 0 Å². The molecule has 15 nitrogen and oxygen atoms in total. The molecule has 0 aromatic rings. The Morgan fingerprint density at radius 1 is 0.420 bits per heavy atom. The van der Waals surface area contributed by atoms with Crippen LogP contribution in [0.2, 0.25) is 0 Å². The Bertz CT molecular complexity index is 2390. The molecule has 88 heavy (non-hydrogen) atoms. The lowest BCUT2D eigenvalue weighted by Gasteiger charge is -2.42. The largest absolute Gasteiger partial charge is 0.466 e. The predicted molar refractivity (Wildman–Crippen MR) is 344 cm³/mol. The van der Waals surface area contributed by atoms with Crippen molar-refractivity contribution in [3.63, 3.8) is 0 Å². The van der Waals surface area contributed by atoms with Gasteiger partial charge in [0.15, 0.2) is 0 Å². The number of carbonyl (C=O) groups is 5. The fourth-order valence-electron chi connectivity index (χ4n) is 21.3. The topological polar surface area (TPSA) is 209 Å². The highest BCUT2D eigenvalue weighted by atomic mass is 32.2. The molecular weight excluding hydrogens is 1160 g/mol. The fraction of sp³-hybridized carbons (Fsp3) is 0.930. The molecule has 0 radical (unpaired) electrons. The van der Waals surface area contributed by atoms with Crippen molar-refractivity contribution < 1.29 is 68.7 Å². The molecule has 1 spiro atoms. The Balaban J connectivity index is 0.000000163. The summed E-state index contributed by atoms with van der Waals surface area (Å²) in [5.41, 5.74) is -0.00366. The molecule has 12 saturated carbocycles. The number of ether oxygens (including phenoxy) is 5. The number of carbonyl (C=O) groups excluding carboxylic acids is 5. The lowest BCUT2D eigenvalue weighted by Crippen LogP contribution is -2.42. The number of hydrogen-bond acceptors (Lipinski definition) is 15. The average molecular weight is 1280 g/mol. The van der Waals surface area contributed by atoms with Crippen molar-refractivity contribution in [2.45, 2.75) is 238 Å². The summed E-state index contributed by atoms with van der Waals surface area (Å²) in [7, 11) is -5.59. The smallest absolute Gasteiger partial charge is 0.312 e. The van der Waals surface area contributed by atoms with Gasteiger partial charge in [-0.3, -0.25) is 28.2 Å². The van der Waals surface area contributed by atoms with Gasteiger partial charge < -0.3 is 23.7 Å². The van der Waals surface area contributed by atoms with E-state index >= 15 is 0 Å². The zero-order valence-corrected chi connectivity index (χ0v) is 58.8. The Kier molecular flexibility index (Phi) is 28.6. The van der Waals surface area contributed by atoms with Crippen LogP contribution in [0.15, 0.2) is 0 Å². The lowest BCUT2D eigenvalue weighted by atomic mass is 9.60. The van der Waals surface area contributed by atoms with Crippen LogP contribution < -0.4 is 0 Å². The first-order chi connectivity index (χ1) is 42.6. The van der Waals surface area contributed by atoms with E-state index in [2.05, 4.69) is 8.92 Å². The van der Waals surface area contributed by atoms with E-state index in [-0.39, 0.29) is 41.0 Å². The van der Waals surface area contributed by atoms with Gasteiger partial charge in [0.25, 0.3) is 10.1 Å². The van der Waals surface area contributed by atoms with Crippen molar-refractivity contribution in [1.29, 1.82) is 0 Å². The second-order valence-corrected chi connectivity index (χ2v) is 30.9. The fourth-order valence-corrected chi connectivity index (χ4v) is 23.8. The van der Waals surface area contributed by atoms with Crippen LogP contribution in [0, 0.1) is 130 Å². The number of esters is 5. The van der Waals surface area contributed by atoms with E-state index in [0.29, 0.717) is 97.6 Å². The third kappa shape index (κ3) is 15.4. The summed E-state index contributed by atoms with van der Waals surface area (Å²) in [4.78, 5) is 56.3. The molecule has 17 heteroatoms. The summed E-state index contributed by atoms with van der Waals surface area (Å²) in [5.74, 6) is 17.7. The van der Waals surface area contributed by atoms with Gasteiger partial charge in [-0.25, -0.2) is 8.42 Å². The molecule has 0 N–H and O–H groups in total. The van der Waals surface area contributed by atoms with Crippen molar-refractivity contribution in [1.82, 2.24) is 0 Å². The van der Waals surface area contributed by atoms with Crippen LogP contribution in [-0.2, 0) is 71.8 Å². The van der Waals surface area contributed by atoms with Gasteiger partial charge in [0.1, 0.15) is 15.9 Å². The standard InChI is InChI=1S/C15H20O2.C14H18O2.C9H12O2.C8H10O2.C4H8O2S.C4H6O2.C3H6O3S.7C2H6/c16-14-15(3-4-17-14)7-10-6-11(15)13-9-2-1-8(5-9)12(10)13;15-14-13-9-4-8(10(13)5-16-14)11-6-1-2-7(3-6)12(9)11;10-9-8-6-2-1-5(3-6)7(8)4-11-9;9-8-6-2-4-1-5(6)7(3-4)10-8;5-7(6)3-1-2-4-7;5-4-2-1-3-6-4;4-7(5)3-1-2-6-7;7*1-2/h8-13H,1-7H2;6-13H,1-5H2;5-8H,1-4H2;4-7H,1-3H2;1-4H2;1-3H2;1-3H2;7*1-2H3. The average Bonchev–Trinajstić information content (AvgIpc) is 1.57. The normalized spacial score (nSPS) is 43.2. The number of hydrogen-bond donors (Lipinski definition) is 0. The molecule has 0 aromatic heterocycles. The number of sulfone groups is 1. The molecule has 12 aliphatic carbocycles. The van der Waals surface area contributed by atoms with E-state index in [1.165, 1.54) is 83.5 Å². The maximum atomic E-state index is 12.2. The quantitative estimate of drug-likeness (QED) is 0.0956. The maximum absolute atomic E-state index is 12.2. The third-order valence-electron chi connectivity index (χ3n) is 23.7. The second kappa shape index (κ2) is 33.9. The summed E-state index contributed by atoms with van der Waals surface area (Å²) in [6.45, 7) is 31.2. The minimum atomic E-state index is -3.05. The van der Waals surface area contributed by atoms with Crippen LogP contribution in [0.25, 0.3) is 0 Å². The first kappa shape index (κ1) is 74.3. The number of rotatable bonds is 0. The first-order valence-electron chi connectivity index (χ1n) is 36.6. The molecule has 7 heterocycles. The van der Waals surface area contributed by atoms with E-state index in [0.717, 1.165) is 129 Å². The lowest BCUT2D eigenvalue weighted by molar-refractivity contribution is -0.151. The molecule has 19 rings (SSSR count). The molecule has 0 aromatic carbocycles. The monoisotopic (exact) mass is 1280 g/mol. The molecule has 19 fully saturated rings. The van der Waals surface area contributed by atoms with E-state index < -0.39 is 20.0 Å². The maximum Gasteiger partial charge on any atom is 0.312 e. The summed E-state index contributed by atoms with van der Waals surface area (Å²) in [6, 6.07) is 0. The van der Waals surface area contributed by atoms with Gasteiger partial charge in [-0.2, -0.15) is 8.42 Å². The van der Waals surface area contributed by atoms with Gasteiger partial charge in [0.05, 0.1) is 73.5 Å². The molecule has 7 saturated heterocycles. The molecule has 23 atom stereocenters. The van der Waals surface area contributed by atoms with Gasteiger partial charge in [-0.1, -0.05) is 96.9 Å². The SMILES string of the molecule is CC.CC.CC.CC.CC.CC.CC.O=C1CCCO1.O=C1OC2CC3CC1C2C3.O=C1OCC2C3CC(C12)C1C2CCC(C2)C31.O=C1OCC2C3CCC(C3)C12.O=C1OCCC12CC1CC2C2C3CCC(C3)C12.O=S1(=O)CCCC1.O=S1(=O)CCCO1. The first-order valence-corrected chi connectivity index (χ1v) is 40.0. The molecule has 7 aliphatic heterocycles. The highest BCUT2D eigenvalue weighted by Gasteiger charge is 2.71. The predicted octanol–water partition coefficient (Wildman–Crippen LogP) is 14.3. The van der Waals surface area contributed by atoms with Crippen molar-refractivity contribution in [2.75, 3.05) is 50.3 Å². The van der Waals surface area contributed by atoms with E-state index in [4.69, 9.17) is 18.9 Å². The molecular formula is C71H122O15S2. The van der Waals surface area contributed by atoms with Crippen LogP contribution in [0.4, 0.5) is 0 Å². The van der Waals surface area contributed by atoms with Crippen LogP contribution in [-0.4, -0.2) is 103 Å². The molecule has 0 amide bonds. The minimum absolute atomic E-state index is 0.00366. The number of fused-ring (bicyclic) bond motifs is 28. The van der Waals surface area contributed by atoms with Crippen LogP contribution in [0.3, 0.4) is 0 Å². The Morgan fingerprint density at radius 2 is 0.977 bits per heavy atom. The zero-order chi connectivity index (χ0) is 64.8. The van der Waals surface area contributed by atoms with E-state index in [1.54, 1.807) is 0 Å². The van der Waals surface area contributed by atoms with Gasteiger partial charge in [0.2, 0.25) is 0 Å². The van der Waals surface area contributed by atoms with Crippen LogP contribution >= 0.6 is 0 Å². The van der Waals surface area contributed by atoms with Gasteiger partial charge in [0, 0.05) is 24.2 Å². The minimum Gasteiger partial charge on any atom is -0.466 e. The molecule has 23 unspecified atom stereocenters. The molecule has 508 valence electrons. The zero-order valence-electron chi connectivity index (χ0n) is 57.1. The van der Waals surface area contributed by atoms with Crippen LogP contribution in [0.1, 0.15) is 232 Å². The summed E-state index contributed by atoms with van der Waals surface area (Å²) < 4.78 is 71.0. The highest BCUT2D eigenvalue weighted by Crippen LogP contribution is 2.74. The van der Waals surface area contributed by atoms with Crippen molar-refractivity contribution in [2.24, 2.45) is 130 Å². The Labute approximate surface area is 533 Å². The van der Waals surface area contributed by atoms with E-state index in [9.17, 15) is 40.8 Å². The van der Waals surface area contributed by atoms with Gasteiger partial charge in [-0.05, 0) is 217 Å². The highest BCUT2D eigenvalue weighted by molar-refractivity contribution is 7.91. The second-order valence-electron chi connectivity index (χ2n) is 26.8. The number of cyclic esters (lactones) is 4. The Morgan fingerprint density at radius 3 is 1.44 bits per heavy atom. The van der Waals surface area contributed by atoms with Crippen molar-refractivity contribution >= 4 is 49.8 Å². The van der Waals surface area contributed by atoms with Crippen molar-refractivity contribution in [3.05, 3.63) is 0 Å².